The fraction of sp³-hybridized carbons (Fsp3) is 0.579. The first-order chi connectivity index (χ1) is 12.1. The molecule has 25 heavy (non-hydrogen) atoms. The van der Waals surface area contributed by atoms with Crippen LogP contribution >= 0.6 is 0 Å². The van der Waals surface area contributed by atoms with Gasteiger partial charge in [0, 0.05) is 38.1 Å². The van der Waals surface area contributed by atoms with E-state index in [-0.39, 0.29) is 29.6 Å². The van der Waals surface area contributed by atoms with Crippen LogP contribution in [0, 0.1) is 11.7 Å². The van der Waals surface area contributed by atoms with Crippen LogP contribution in [0.15, 0.2) is 24.3 Å². The van der Waals surface area contributed by atoms with Crippen LogP contribution < -0.4 is 5.32 Å². The Morgan fingerprint density at radius 1 is 1.36 bits per heavy atom. The number of rotatable bonds is 4. The van der Waals surface area contributed by atoms with E-state index in [9.17, 15) is 14.0 Å². The van der Waals surface area contributed by atoms with Gasteiger partial charge in [-0.15, -0.1) is 0 Å². The third-order valence-electron chi connectivity index (χ3n) is 5.18. The van der Waals surface area contributed by atoms with Crippen molar-refractivity contribution in [1.82, 2.24) is 15.1 Å². The Morgan fingerprint density at radius 3 is 2.92 bits per heavy atom. The van der Waals surface area contributed by atoms with E-state index in [2.05, 4.69) is 5.32 Å². The van der Waals surface area contributed by atoms with Gasteiger partial charge in [0.25, 0.3) is 0 Å². The second-order valence-corrected chi connectivity index (χ2v) is 7.04. The molecular formula is C19H26FN3O2. The minimum atomic E-state index is -0.269. The minimum Gasteiger partial charge on any atom is -0.340 e. The molecule has 1 aromatic rings. The lowest BCUT2D eigenvalue weighted by molar-refractivity contribution is -0.142. The van der Waals surface area contributed by atoms with E-state index < -0.39 is 0 Å². The summed E-state index contributed by atoms with van der Waals surface area (Å²) < 4.78 is 13.8. The predicted molar refractivity (Wildman–Crippen MR) is 93.5 cm³/mol. The first-order valence-corrected chi connectivity index (χ1v) is 9.08. The van der Waals surface area contributed by atoms with E-state index in [0.717, 1.165) is 25.9 Å². The maximum Gasteiger partial charge on any atom is 0.236 e. The Labute approximate surface area is 148 Å². The number of nitrogens with one attached hydrogen (secondary N) is 1. The minimum absolute atomic E-state index is 0.0514. The van der Waals surface area contributed by atoms with Gasteiger partial charge in [-0.3, -0.25) is 9.59 Å². The Hall–Kier alpha value is -1.95. The third-order valence-corrected chi connectivity index (χ3v) is 5.18. The topological polar surface area (TPSA) is 52.7 Å². The molecule has 2 atom stereocenters. The zero-order valence-corrected chi connectivity index (χ0v) is 14.7. The summed E-state index contributed by atoms with van der Waals surface area (Å²) in [5.41, 5.74) is 0.578. The number of carbonyl (C=O) groups excluding carboxylic acids is 2. The highest BCUT2D eigenvalue weighted by Gasteiger charge is 2.32. The second kappa shape index (κ2) is 7.95. The highest BCUT2D eigenvalue weighted by atomic mass is 19.1. The number of likely N-dealkylation sites (tertiary alicyclic amines) is 1. The van der Waals surface area contributed by atoms with Crippen molar-refractivity contribution in [1.29, 1.82) is 0 Å². The quantitative estimate of drug-likeness (QED) is 0.896. The summed E-state index contributed by atoms with van der Waals surface area (Å²) in [6.45, 7) is 5.06. The van der Waals surface area contributed by atoms with Gasteiger partial charge in [-0.05, 0) is 30.9 Å². The van der Waals surface area contributed by atoms with E-state index in [1.807, 2.05) is 16.7 Å². The molecule has 2 saturated heterocycles. The van der Waals surface area contributed by atoms with Gasteiger partial charge in [0.1, 0.15) is 5.82 Å². The molecule has 3 rings (SSSR count). The fourth-order valence-corrected chi connectivity index (χ4v) is 3.81. The highest BCUT2D eigenvalue weighted by molar-refractivity contribution is 5.80. The molecule has 2 fully saturated rings. The molecule has 0 unspecified atom stereocenters. The lowest BCUT2D eigenvalue weighted by atomic mass is 9.96. The Bertz CT molecular complexity index is 637. The molecule has 2 heterocycles. The van der Waals surface area contributed by atoms with Crippen molar-refractivity contribution < 1.29 is 14.0 Å². The molecule has 0 saturated carbocycles. The number of piperazine rings is 1. The number of piperidine rings is 1. The molecule has 1 N–H and O–H groups in total. The normalized spacial score (nSPS) is 22.8. The number of hydrogen-bond donors (Lipinski definition) is 1. The fourth-order valence-electron chi connectivity index (χ4n) is 3.81. The van der Waals surface area contributed by atoms with Crippen LogP contribution in [0.1, 0.15) is 25.3 Å². The van der Waals surface area contributed by atoms with Crippen molar-refractivity contribution in [3.05, 3.63) is 35.6 Å². The summed E-state index contributed by atoms with van der Waals surface area (Å²) in [5, 5.41) is 3.08. The van der Waals surface area contributed by atoms with E-state index in [4.69, 9.17) is 0 Å². The van der Waals surface area contributed by atoms with Crippen molar-refractivity contribution in [3.63, 3.8) is 0 Å². The Balaban J connectivity index is 1.61. The number of benzene rings is 1. The highest BCUT2D eigenvalue weighted by Crippen LogP contribution is 2.21. The van der Waals surface area contributed by atoms with Gasteiger partial charge >= 0.3 is 0 Å². The SMILES string of the molecule is C[C@@H](Cc1ccccc1F)C(=O)N1CCC[C@@H](N2CCNCC2=O)C1. The average Bonchev–Trinajstić information content (AvgIpc) is 2.63. The van der Waals surface area contributed by atoms with Crippen molar-refractivity contribution in [2.75, 3.05) is 32.7 Å². The first kappa shape index (κ1) is 17.9. The van der Waals surface area contributed by atoms with Gasteiger partial charge in [0.2, 0.25) is 11.8 Å². The van der Waals surface area contributed by atoms with Gasteiger partial charge in [-0.1, -0.05) is 25.1 Å². The van der Waals surface area contributed by atoms with Crippen LogP contribution in [0.2, 0.25) is 0 Å². The number of halogens is 1. The molecule has 2 aliphatic rings. The van der Waals surface area contributed by atoms with Gasteiger partial charge in [0.15, 0.2) is 0 Å². The van der Waals surface area contributed by atoms with Gasteiger partial charge in [-0.25, -0.2) is 4.39 Å². The second-order valence-electron chi connectivity index (χ2n) is 7.04. The average molecular weight is 347 g/mol. The lowest BCUT2D eigenvalue weighted by Crippen LogP contribution is -2.58. The van der Waals surface area contributed by atoms with Crippen LogP contribution in [-0.2, 0) is 16.0 Å². The maximum atomic E-state index is 13.8. The molecule has 2 aliphatic heterocycles. The number of amides is 2. The molecule has 136 valence electrons. The third kappa shape index (κ3) is 4.18. The van der Waals surface area contributed by atoms with E-state index in [1.165, 1.54) is 6.07 Å². The molecule has 0 bridgehead atoms. The summed E-state index contributed by atoms with van der Waals surface area (Å²) >= 11 is 0. The molecule has 0 radical (unpaired) electrons. The largest absolute Gasteiger partial charge is 0.340 e. The van der Waals surface area contributed by atoms with Crippen LogP contribution in [-0.4, -0.2) is 60.4 Å². The van der Waals surface area contributed by atoms with E-state index >= 15 is 0 Å². The van der Waals surface area contributed by atoms with Crippen molar-refractivity contribution in [3.8, 4) is 0 Å². The molecule has 1 aromatic carbocycles. The molecule has 0 aromatic heterocycles. The zero-order chi connectivity index (χ0) is 17.8. The predicted octanol–water partition coefficient (Wildman–Crippen LogP) is 1.43. The van der Waals surface area contributed by atoms with Gasteiger partial charge in [0.05, 0.1) is 6.54 Å². The molecular weight excluding hydrogens is 321 g/mol. The van der Waals surface area contributed by atoms with Crippen molar-refractivity contribution in [2.45, 2.75) is 32.2 Å². The number of hydrogen-bond acceptors (Lipinski definition) is 3. The molecule has 6 heteroatoms. The van der Waals surface area contributed by atoms with Crippen LogP contribution in [0.25, 0.3) is 0 Å². The molecule has 5 nitrogen and oxygen atoms in total. The summed E-state index contributed by atoms with van der Waals surface area (Å²) in [6, 6.07) is 6.72. The van der Waals surface area contributed by atoms with Crippen LogP contribution in [0.4, 0.5) is 4.39 Å². The molecule has 0 spiro atoms. The number of carbonyl (C=O) groups is 2. The van der Waals surface area contributed by atoms with Gasteiger partial charge < -0.3 is 15.1 Å². The smallest absolute Gasteiger partial charge is 0.236 e. The van der Waals surface area contributed by atoms with Crippen molar-refractivity contribution >= 4 is 11.8 Å². The van der Waals surface area contributed by atoms with E-state index in [0.29, 0.717) is 31.6 Å². The molecule has 2 amide bonds. The van der Waals surface area contributed by atoms with Crippen molar-refractivity contribution in [2.24, 2.45) is 5.92 Å². The molecule has 0 aliphatic carbocycles. The summed E-state index contributed by atoms with van der Waals surface area (Å²) in [4.78, 5) is 28.7. The first-order valence-electron chi connectivity index (χ1n) is 9.08. The van der Waals surface area contributed by atoms with Crippen LogP contribution in [0.3, 0.4) is 0 Å². The lowest BCUT2D eigenvalue weighted by Gasteiger charge is -2.41. The maximum absolute atomic E-state index is 13.8. The Morgan fingerprint density at radius 2 is 2.16 bits per heavy atom. The summed E-state index contributed by atoms with van der Waals surface area (Å²) in [7, 11) is 0. The number of nitrogens with zero attached hydrogens (tertiary/aromatic N) is 2. The van der Waals surface area contributed by atoms with Gasteiger partial charge in [-0.2, -0.15) is 0 Å². The Kier molecular flexibility index (Phi) is 5.68. The van der Waals surface area contributed by atoms with E-state index in [1.54, 1.807) is 18.2 Å². The zero-order valence-electron chi connectivity index (χ0n) is 14.7. The summed E-state index contributed by atoms with van der Waals surface area (Å²) in [6.07, 6.45) is 2.25. The van der Waals surface area contributed by atoms with Crippen LogP contribution in [0.5, 0.6) is 0 Å². The summed E-state index contributed by atoms with van der Waals surface area (Å²) in [5.74, 6) is -0.361. The standard InChI is InChI=1S/C19H26FN3O2/c1-14(11-15-5-2-3-7-17(15)20)19(25)22-9-4-6-16(13-22)23-10-8-21-12-18(23)24/h2-3,5,7,14,16,21H,4,6,8-13H2,1H3/t14-,16+/m0/s1. The monoisotopic (exact) mass is 347 g/mol.